The van der Waals surface area contributed by atoms with Gasteiger partial charge in [-0.2, -0.15) is 5.26 Å². The smallest absolute Gasteiger partial charge is 0.131 e. The van der Waals surface area contributed by atoms with Gasteiger partial charge in [0.1, 0.15) is 17.7 Å². The molecule has 3 heterocycles. The summed E-state index contributed by atoms with van der Waals surface area (Å²) in [5.74, 6) is 1.52. The number of nitrogens with one attached hydrogen (secondary N) is 4. The number of anilines is 1. The van der Waals surface area contributed by atoms with Gasteiger partial charge in [0, 0.05) is 45.2 Å². The maximum atomic E-state index is 8.82. The highest BCUT2D eigenvalue weighted by Gasteiger charge is 2.15. The second-order valence-corrected chi connectivity index (χ2v) is 5.56. The van der Waals surface area contributed by atoms with E-state index in [1.54, 1.807) is 18.3 Å². The SMILES string of the molecule is CN1NC=C(NC[C@@H]2CNCCO2)C=C1Nc1ccc(C#N)cn1. The van der Waals surface area contributed by atoms with Crippen LogP contribution in [0, 0.1) is 11.3 Å². The van der Waals surface area contributed by atoms with E-state index in [2.05, 4.69) is 32.4 Å². The molecule has 126 valence electrons. The van der Waals surface area contributed by atoms with Crippen molar-refractivity contribution in [3.8, 4) is 6.07 Å². The molecule has 1 atom stereocenters. The number of nitrogens with zero attached hydrogens (tertiary/aromatic N) is 3. The van der Waals surface area contributed by atoms with E-state index >= 15 is 0 Å². The Balaban J connectivity index is 1.59. The molecule has 1 aromatic heterocycles. The Kier molecular flexibility index (Phi) is 5.15. The fourth-order valence-electron chi connectivity index (χ4n) is 2.39. The van der Waals surface area contributed by atoms with Crippen molar-refractivity contribution in [1.82, 2.24) is 26.1 Å². The fraction of sp³-hybridized carbons (Fsp3) is 0.375. The highest BCUT2D eigenvalue weighted by molar-refractivity contribution is 5.45. The van der Waals surface area contributed by atoms with Gasteiger partial charge in [0.05, 0.1) is 24.0 Å². The molecule has 4 N–H and O–H groups in total. The number of pyridine rings is 1. The van der Waals surface area contributed by atoms with Crippen molar-refractivity contribution in [3.05, 3.63) is 47.7 Å². The summed E-state index contributed by atoms with van der Waals surface area (Å²) in [6.45, 7) is 3.26. The van der Waals surface area contributed by atoms with Gasteiger partial charge >= 0.3 is 0 Å². The number of nitriles is 1. The number of hydrogen-bond donors (Lipinski definition) is 4. The van der Waals surface area contributed by atoms with E-state index in [1.165, 1.54) is 0 Å². The van der Waals surface area contributed by atoms with E-state index in [9.17, 15) is 0 Å². The first-order valence-corrected chi connectivity index (χ1v) is 7.86. The van der Waals surface area contributed by atoms with Crippen molar-refractivity contribution in [2.75, 3.05) is 38.6 Å². The van der Waals surface area contributed by atoms with Crippen molar-refractivity contribution in [1.29, 1.82) is 5.26 Å². The second-order valence-electron chi connectivity index (χ2n) is 5.56. The van der Waals surface area contributed by atoms with Crippen LogP contribution in [0.25, 0.3) is 0 Å². The van der Waals surface area contributed by atoms with Gasteiger partial charge in [0.25, 0.3) is 0 Å². The van der Waals surface area contributed by atoms with Crippen LogP contribution in [0.5, 0.6) is 0 Å². The average Bonchev–Trinajstić information content (AvgIpc) is 2.64. The van der Waals surface area contributed by atoms with Crippen LogP contribution in [0.3, 0.4) is 0 Å². The summed E-state index contributed by atoms with van der Waals surface area (Å²) in [4.78, 5) is 4.23. The van der Waals surface area contributed by atoms with Gasteiger partial charge in [-0.15, -0.1) is 0 Å². The minimum absolute atomic E-state index is 0.171. The molecule has 0 spiro atoms. The van der Waals surface area contributed by atoms with Crippen molar-refractivity contribution in [2.45, 2.75) is 6.10 Å². The van der Waals surface area contributed by atoms with Gasteiger partial charge in [-0.3, -0.25) is 5.01 Å². The van der Waals surface area contributed by atoms with Crippen molar-refractivity contribution >= 4 is 5.82 Å². The predicted molar refractivity (Wildman–Crippen MR) is 90.3 cm³/mol. The minimum atomic E-state index is 0.171. The average molecular weight is 327 g/mol. The summed E-state index contributed by atoms with van der Waals surface area (Å²) >= 11 is 0. The number of hydrazine groups is 1. The lowest BCUT2D eigenvalue weighted by Gasteiger charge is -2.29. The Bertz CT molecular complexity index is 656. The van der Waals surface area contributed by atoms with Crippen LogP contribution in [-0.2, 0) is 4.74 Å². The molecule has 3 rings (SSSR count). The zero-order valence-corrected chi connectivity index (χ0v) is 13.5. The van der Waals surface area contributed by atoms with E-state index in [0.717, 1.165) is 37.8 Å². The van der Waals surface area contributed by atoms with E-state index in [4.69, 9.17) is 10.00 Å². The maximum absolute atomic E-state index is 8.82. The molecule has 1 saturated heterocycles. The molecule has 1 fully saturated rings. The Morgan fingerprint density at radius 2 is 2.42 bits per heavy atom. The topological polar surface area (TPSA) is 97.3 Å². The largest absolute Gasteiger partial charge is 0.381 e. The van der Waals surface area contributed by atoms with Crippen molar-refractivity contribution < 1.29 is 4.74 Å². The maximum Gasteiger partial charge on any atom is 0.131 e. The van der Waals surface area contributed by atoms with Gasteiger partial charge in [-0.05, 0) is 12.1 Å². The molecule has 2 aliphatic heterocycles. The van der Waals surface area contributed by atoms with Crippen molar-refractivity contribution in [3.63, 3.8) is 0 Å². The molecule has 24 heavy (non-hydrogen) atoms. The summed E-state index contributed by atoms with van der Waals surface area (Å²) in [5, 5.41) is 20.6. The van der Waals surface area contributed by atoms with Gasteiger partial charge in [-0.1, -0.05) is 0 Å². The molecule has 0 aromatic carbocycles. The summed E-state index contributed by atoms with van der Waals surface area (Å²) in [5.41, 5.74) is 4.65. The molecule has 0 amide bonds. The van der Waals surface area contributed by atoms with Crippen molar-refractivity contribution in [2.24, 2.45) is 0 Å². The minimum Gasteiger partial charge on any atom is -0.381 e. The van der Waals surface area contributed by atoms with Crippen LogP contribution >= 0.6 is 0 Å². The molecule has 0 bridgehead atoms. The second kappa shape index (κ2) is 7.68. The van der Waals surface area contributed by atoms with Crippen LogP contribution < -0.4 is 21.4 Å². The molecule has 0 radical (unpaired) electrons. The van der Waals surface area contributed by atoms with Gasteiger partial charge in [0.2, 0.25) is 0 Å². The summed E-state index contributed by atoms with van der Waals surface area (Å²) in [7, 11) is 1.91. The zero-order valence-electron chi connectivity index (χ0n) is 13.5. The first kappa shape index (κ1) is 16.1. The lowest BCUT2D eigenvalue weighted by atomic mass is 10.3. The predicted octanol–water partition coefficient (Wildman–Crippen LogP) is 0.0760. The van der Waals surface area contributed by atoms with Gasteiger partial charge in [0.15, 0.2) is 0 Å². The quantitative estimate of drug-likeness (QED) is 0.604. The standard InChI is InChI=1S/C16H21N7O/c1-23-16(22-15-3-2-12(7-17)8-20-15)6-13(9-21-23)19-11-14-10-18-4-5-24-14/h2-3,6,8-9,14,18-19,21H,4-5,10-11H2,1H3,(H,20,22)/t14-/m0/s1. The van der Waals surface area contributed by atoms with E-state index in [1.807, 2.05) is 24.3 Å². The molecular formula is C16H21N7O. The van der Waals surface area contributed by atoms with E-state index in [-0.39, 0.29) is 6.10 Å². The first-order valence-electron chi connectivity index (χ1n) is 7.86. The number of morpholine rings is 1. The Hall–Kier alpha value is -2.76. The number of allylic oxidation sites excluding steroid dienone is 1. The Labute approximate surface area is 141 Å². The summed E-state index contributed by atoms with van der Waals surface area (Å²) < 4.78 is 5.68. The lowest BCUT2D eigenvalue weighted by Crippen LogP contribution is -2.44. The van der Waals surface area contributed by atoms with Crippen LogP contribution in [0.15, 0.2) is 42.1 Å². The highest BCUT2D eigenvalue weighted by atomic mass is 16.5. The molecule has 2 aliphatic rings. The number of ether oxygens (including phenoxy) is 1. The van der Waals surface area contributed by atoms with Gasteiger partial charge < -0.3 is 26.1 Å². The summed E-state index contributed by atoms with van der Waals surface area (Å²) in [6.07, 6.45) is 5.60. The first-order chi connectivity index (χ1) is 11.7. The number of hydrogen-bond acceptors (Lipinski definition) is 8. The van der Waals surface area contributed by atoms with E-state index in [0.29, 0.717) is 11.4 Å². The van der Waals surface area contributed by atoms with Crippen LogP contribution in [-0.4, -0.2) is 49.4 Å². The van der Waals surface area contributed by atoms with Gasteiger partial charge in [-0.25, -0.2) is 4.98 Å². The normalized spacial score (nSPS) is 20.3. The third kappa shape index (κ3) is 4.16. The van der Waals surface area contributed by atoms with Crippen LogP contribution in [0.4, 0.5) is 5.82 Å². The lowest BCUT2D eigenvalue weighted by molar-refractivity contribution is 0.0307. The third-order valence-corrected chi connectivity index (χ3v) is 3.75. The third-order valence-electron chi connectivity index (χ3n) is 3.75. The Morgan fingerprint density at radius 3 is 3.12 bits per heavy atom. The highest BCUT2D eigenvalue weighted by Crippen LogP contribution is 2.13. The zero-order chi connectivity index (χ0) is 16.8. The number of aromatic nitrogens is 1. The molecule has 0 aliphatic carbocycles. The molecule has 8 heteroatoms. The van der Waals surface area contributed by atoms with Crippen LogP contribution in [0.1, 0.15) is 5.56 Å². The monoisotopic (exact) mass is 327 g/mol. The fourth-order valence-corrected chi connectivity index (χ4v) is 2.39. The molecule has 0 unspecified atom stereocenters. The molecule has 8 nitrogen and oxygen atoms in total. The molecule has 0 saturated carbocycles. The Morgan fingerprint density at radius 1 is 1.50 bits per heavy atom. The van der Waals surface area contributed by atoms with E-state index < -0.39 is 0 Å². The van der Waals surface area contributed by atoms with Crippen LogP contribution in [0.2, 0.25) is 0 Å². The molecule has 1 aromatic rings. The summed E-state index contributed by atoms with van der Waals surface area (Å²) in [6, 6.07) is 5.57. The number of rotatable bonds is 5. The molecular weight excluding hydrogens is 306 g/mol.